The number of carbonyl (C=O) groups is 2. The Kier molecular flexibility index (Phi) is 12.1. The third-order valence-corrected chi connectivity index (χ3v) is 3.81. The molecule has 2 heterocycles. The highest BCUT2D eigenvalue weighted by Crippen LogP contribution is 2.31. The van der Waals surface area contributed by atoms with Crippen LogP contribution in [-0.2, 0) is 14.3 Å². The van der Waals surface area contributed by atoms with Gasteiger partial charge in [-0.2, -0.15) is 0 Å². The van der Waals surface area contributed by atoms with E-state index in [-0.39, 0.29) is 29.9 Å². The van der Waals surface area contributed by atoms with E-state index in [1.54, 1.807) is 0 Å². The molecular weight excluding hydrogens is 350 g/mol. The first kappa shape index (κ1) is 21.1. The molecule has 6 heteroatoms. The van der Waals surface area contributed by atoms with Gasteiger partial charge >= 0.3 is 5.97 Å². The molecule has 1 amide bonds. The summed E-state index contributed by atoms with van der Waals surface area (Å²) in [6, 6.07) is -0.360. The number of hydrogen-bond donors (Lipinski definition) is 2. The number of aliphatic hydroxyl groups excluding tert-OH is 1. The lowest BCUT2D eigenvalue weighted by Crippen LogP contribution is -2.53. The molecule has 0 saturated carbocycles. The van der Waals surface area contributed by atoms with Crippen LogP contribution in [0.2, 0.25) is 0 Å². The number of rotatable bonds is 7. The van der Waals surface area contributed by atoms with Crippen molar-refractivity contribution in [1.82, 2.24) is 5.32 Å². The quantitative estimate of drug-likeness (QED) is 0.309. The fourth-order valence-corrected chi connectivity index (χ4v) is 2.69. The molecule has 2 fully saturated rings. The smallest absolute Gasteiger partial charge is 0.332 e. The van der Waals surface area contributed by atoms with Crippen molar-refractivity contribution in [2.45, 2.75) is 58.1 Å². The second-order valence-corrected chi connectivity index (χ2v) is 5.63. The molecule has 128 valence electrons. The molecule has 0 spiro atoms. The van der Waals surface area contributed by atoms with E-state index in [1.807, 2.05) is 19.9 Å². The molecule has 0 aromatic heterocycles. The van der Waals surface area contributed by atoms with E-state index in [2.05, 4.69) is 27.8 Å². The summed E-state index contributed by atoms with van der Waals surface area (Å²) in [6.45, 7) is 7.93. The van der Waals surface area contributed by atoms with E-state index in [4.69, 9.17) is 9.84 Å². The standard InChI is InChI=1S/C7H8BrNO3.C7H14O.C2H6/c8-2-1-3-5-4(7(11)12-5)9-6(3)10;1-2-3-4-5-6-7-8;1-2/h3-5H,1-2H2,(H,9,10);2,8H,1,3-7H2;1-2H3. The third kappa shape index (κ3) is 6.48. The Hall–Kier alpha value is -0.880. The monoisotopic (exact) mass is 377 g/mol. The van der Waals surface area contributed by atoms with Gasteiger partial charge in [-0.05, 0) is 25.7 Å². The van der Waals surface area contributed by atoms with E-state index in [1.165, 1.54) is 6.42 Å². The molecule has 5 nitrogen and oxygen atoms in total. The molecule has 0 aromatic rings. The highest BCUT2D eigenvalue weighted by Gasteiger charge is 2.55. The van der Waals surface area contributed by atoms with Crippen LogP contribution in [0.3, 0.4) is 0 Å². The topological polar surface area (TPSA) is 75.6 Å². The minimum atomic E-state index is -0.360. The summed E-state index contributed by atoms with van der Waals surface area (Å²) in [5.74, 6) is -0.507. The molecule has 2 rings (SSSR count). The van der Waals surface area contributed by atoms with Crippen molar-refractivity contribution in [2.75, 3.05) is 11.9 Å². The first-order chi connectivity index (χ1) is 10.7. The van der Waals surface area contributed by atoms with Crippen LogP contribution in [0.25, 0.3) is 0 Å². The number of unbranched alkanes of at least 4 members (excludes halogenated alkanes) is 3. The number of fused-ring (bicyclic) bond motifs is 1. The van der Waals surface area contributed by atoms with E-state index in [0.29, 0.717) is 6.61 Å². The lowest BCUT2D eigenvalue weighted by molar-refractivity contribution is -0.175. The summed E-state index contributed by atoms with van der Waals surface area (Å²) >= 11 is 3.25. The molecule has 22 heavy (non-hydrogen) atoms. The van der Waals surface area contributed by atoms with Crippen LogP contribution < -0.4 is 5.32 Å². The predicted octanol–water partition coefficient (Wildman–Crippen LogP) is 2.56. The average Bonchev–Trinajstić information content (AvgIpc) is 2.79. The maximum Gasteiger partial charge on any atom is 0.332 e. The van der Waals surface area contributed by atoms with Gasteiger partial charge in [-0.1, -0.05) is 42.3 Å². The van der Waals surface area contributed by atoms with Crippen LogP contribution in [0.15, 0.2) is 12.7 Å². The van der Waals surface area contributed by atoms with E-state index < -0.39 is 0 Å². The van der Waals surface area contributed by atoms with Gasteiger partial charge < -0.3 is 15.2 Å². The summed E-state index contributed by atoms with van der Waals surface area (Å²) in [7, 11) is 0. The van der Waals surface area contributed by atoms with Crippen molar-refractivity contribution in [3.63, 3.8) is 0 Å². The van der Waals surface area contributed by atoms with Crippen molar-refractivity contribution in [1.29, 1.82) is 0 Å². The Morgan fingerprint density at radius 1 is 1.32 bits per heavy atom. The van der Waals surface area contributed by atoms with Gasteiger partial charge in [-0.15, -0.1) is 6.58 Å². The number of halogens is 1. The number of amides is 1. The van der Waals surface area contributed by atoms with Crippen molar-refractivity contribution in [3.05, 3.63) is 12.7 Å². The van der Waals surface area contributed by atoms with Gasteiger partial charge in [0.2, 0.25) is 5.91 Å². The van der Waals surface area contributed by atoms with Gasteiger partial charge in [0.25, 0.3) is 0 Å². The maximum absolute atomic E-state index is 11.2. The van der Waals surface area contributed by atoms with Crippen molar-refractivity contribution >= 4 is 27.8 Å². The zero-order valence-corrected chi connectivity index (χ0v) is 15.1. The Morgan fingerprint density at radius 2 is 2.00 bits per heavy atom. The molecule has 0 aliphatic carbocycles. The van der Waals surface area contributed by atoms with Crippen LogP contribution >= 0.6 is 15.9 Å². The van der Waals surface area contributed by atoms with Gasteiger partial charge in [-0.3, -0.25) is 4.79 Å². The van der Waals surface area contributed by atoms with Gasteiger partial charge in [0.1, 0.15) is 6.10 Å². The van der Waals surface area contributed by atoms with Crippen LogP contribution in [0.1, 0.15) is 46.0 Å². The number of aliphatic hydroxyl groups is 1. The largest absolute Gasteiger partial charge is 0.457 e. The SMILES string of the molecule is C=CCCCCCO.CC.O=C1NC2C(=O)OC2C1CCBr. The highest BCUT2D eigenvalue weighted by atomic mass is 79.9. The molecule has 2 aliphatic heterocycles. The average molecular weight is 378 g/mol. The number of esters is 1. The van der Waals surface area contributed by atoms with E-state index in [9.17, 15) is 9.59 Å². The number of allylic oxidation sites excluding steroid dienone is 1. The molecule has 3 atom stereocenters. The second-order valence-electron chi connectivity index (χ2n) is 4.83. The minimum absolute atomic E-state index is 0.0599. The van der Waals surface area contributed by atoms with Gasteiger partial charge in [0, 0.05) is 11.9 Å². The molecule has 0 aromatic carbocycles. The molecule has 3 unspecified atom stereocenters. The van der Waals surface area contributed by atoms with Crippen LogP contribution in [0, 0.1) is 5.92 Å². The second kappa shape index (κ2) is 12.6. The maximum atomic E-state index is 11.2. The lowest BCUT2D eigenvalue weighted by Gasteiger charge is -2.30. The molecule has 2 N–H and O–H groups in total. The van der Waals surface area contributed by atoms with Gasteiger partial charge in [0.05, 0.1) is 5.92 Å². The van der Waals surface area contributed by atoms with Gasteiger partial charge in [0.15, 0.2) is 6.04 Å². The first-order valence-electron chi connectivity index (χ1n) is 7.94. The fraction of sp³-hybridized carbons (Fsp3) is 0.750. The minimum Gasteiger partial charge on any atom is -0.457 e. The normalized spacial score (nSPS) is 24.5. The van der Waals surface area contributed by atoms with Crippen molar-refractivity contribution < 1.29 is 19.4 Å². The van der Waals surface area contributed by atoms with E-state index in [0.717, 1.165) is 31.0 Å². The Labute approximate surface area is 141 Å². The van der Waals surface area contributed by atoms with Crippen LogP contribution in [-0.4, -0.2) is 41.1 Å². The zero-order valence-electron chi connectivity index (χ0n) is 13.5. The number of carbonyl (C=O) groups excluding carboxylic acids is 2. The number of alkyl halides is 1. The lowest BCUT2D eigenvalue weighted by atomic mass is 9.95. The summed E-state index contributed by atoms with van der Waals surface area (Å²) in [5.41, 5.74) is 0. The molecular formula is C16H28BrNO4. The summed E-state index contributed by atoms with van der Waals surface area (Å²) in [4.78, 5) is 22.0. The fourth-order valence-electron chi connectivity index (χ4n) is 2.19. The van der Waals surface area contributed by atoms with Gasteiger partial charge in [-0.25, -0.2) is 4.79 Å². The van der Waals surface area contributed by atoms with Crippen molar-refractivity contribution in [2.24, 2.45) is 5.92 Å². The van der Waals surface area contributed by atoms with Crippen LogP contribution in [0.4, 0.5) is 0 Å². The first-order valence-corrected chi connectivity index (χ1v) is 9.06. The predicted molar refractivity (Wildman–Crippen MR) is 90.8 cm³/mol. The Bertz CT molecular complexity index is 349. The van der Waals surface area contributed by atoms with Crippen LogP contribution in [0.5, 0.6) is 0 Å². The number of nitrogens with one attached hydrogen (secondary N) is 1. The van der Waals surface area contributed by atoms with E-state index >= 15 is 0 Å². The molecule has 2 aliphatic rings. The molecule has 0 radical (unpaired) electrons. The molecule has 0 bridgehead atoms. The van der Waals surface area contributed by atoms with Crippen molar-refractivity contribution in [3.8, 4) is 0 Å². The Balaban J connectivity index is 0.000000388. The summed E-state index contributed by atoms with van der Waals surface area (Å²) in [6.07, 6.45) is 6.75. The zero-order chi connectivity index (χ0) is 17.0. The molecule has 2 saturated heterocycles. The number of ether oxygens (including phenoxy) is 1. The summed E-state index contributed by atoms with van der Waals surface area (Å²) in [5, 5.41) is 11.7. The third-order valence-electron chi connectivity index (χ3n) is 3.35. The Morgan fingerprint density at radius 3 is 2.45 bits per heavy atom. The number of hydrogen-bond acceptors (Lipinski definition) is 4. The summed E-state index contributed by atoms with van der Waals surface area (Å²) < 4.78 is 4.86. The highest BCUT2D eigenvalue weighted by molar-refractivity contribution is 9.09.